The molecule has 5 amide bonds. The van der Waals surface area contributed by atoms with Crippen LogP contribution in [0.2, 0.25) is 0 Å². The number of anilines is 2. The summed E-state index contributed by atoms with van der Waals surface area (Å²) in [5.74, 6) is -2.09. The first-order valence-electron chi connectivity index (χ1n) is 24.0. The third-order valence-corrected chi connectivity index (χ3v) is 14.3. The van der Waals surface area contributed by atoms with Crippen LogP contribution < -0.4 is 20.4 Å². The molecule has 1 unspecified atom stereocenters. The minimum atomic E-state index is -4.82. The van der Waals surface area contributed by atoms with Gasteiger partial charge >= 0.3 is 6.18 Å². The monoisotopic (exact) mass is 1040 g/mol. The van der Waals surface area contributed by atoms with Crippen LogP contribution in [0.25, 0.3) is 10.4 Å². The quantitative estimate of drug-likeness (QED) is 0.0737. The summed E-state index contributed by atoms with van der Waals surface area (Å²) in [6, 6.07) is 16.9. The zero-order chi connectivity index (χ0) is 52.8. The third kappa shape index (κ3) is 12.7. The van der Waals surface area contributed by atoms with Crippen LogP contribution in [-0.2, 0) is 41.4 Å². The summed E-state index contributed by atoms with van der Waals surface area (Å²) in [7, 11) is 0. The van der Waals surface area contributed by atoms with E-state index in [1.165, 1.54) is 33.3 Å². The van der Waals surface area contributed by atoms with Gasteiger partial charge in [0.1, 0.15) is 24.2 Å². The fourth-order valence-corrected chi connectivity index (χ4v) is 10.3. The molecule has 0 saturated carbocycles. The third-order valence-electron chi connectivity index (χ3n) is 13.1. The molecular formula is C52H59F3N8O8S2. The summed E-state index contributed by atoms with van der Waals surface area (Å²) in [5, 5.41) is 25.4. The molecule has 1 aromatic heterocycles. The molecule has 16 nitrogen and oxygen atoms in total. The van der Waals surface area contributed by atoms with E-state index in [-0.39, 0.29) is 55.5 Å². The molecule has 21 heteroatoms. The highest BCUT2D eigenvalue weighted by Crippen LogP contribution is 2.40. The van der Waals surface area contributed by atoms with E-state index in [2.05, 4.69) is 15.6 Å². The van der Waals surface area contributed by atoms with Crippen molar-refractivity contribution in [2.75, 3.05) is 49.3 Å². The largest absolute Gasteiger partial charge is 0.417 e. The second-order valence-electron chi connectivity index (χ2n) is 19.9. The average molecular weight is 1050 g/mol. The number of hydrogen-bond donors (Lipinski definition) is 3. The number of thiocarbonyl (C=S) groups is 1. The van der Waals surface area contributed by atoms with E-state index >= 15 is 0 Å². The number of aliphatic hydroxyl groups is 1. The first-order valence-corrected chi connectivity index (χ1v) is 25.3. The van der Waals surface area contributed by atoms with E-state index < -0.39 is 70.1 Å². The fourth-order valence-electron chi connectivity index (χ4n) is 9.12. The summed E-state index contributed by atoms with van der Waals surface area (Å²) in [6.45, 7) is 10.2. The number of hydrogen-bond acceptors (Lipinski definition) is 12. The van der Waals surface area contributed by atoms with Gasteiger partial charge in [-0.15, -0.1) is 11.3 Å². The number of halogens is 3. The maximum atomic E-state index is 14.0. The Hall–Kier alpha value is -6.31. The number of unbranched alkanes of at least 4 members (excludes halogenated alkanes) is 1. The molecule has 4 heterocycles. The molecule has 3 N–H and O–H groups in total. The van der Waals surface area contributed by atoms with E-state index in [4.69, 9.17) is 21.7 Å². The maximum absolute atomic E-state index is 14.0. The number of aliphatic hydroxyl groups excluding tert-OH is 1. The lowest BCUT2D eigenvalue weighted by Crippen LogP contribution is -2.58. The second-order valence-corrected chi connectivity index (χ2v) is 21.1. The van der Waals surface area contributed by atoms with Crippen LogP contribution in [-0.4, -0.2) is 124 Å². The van der Waals surface area contributed by atoms with Crippen molar-refractivity contribution in [1.82, 2.24) is 25.4 Å². The van der Waals surface area contributed by atoms with Crippen LogP contribution in [0.4, 0.5) is 24.5 Å². The van der Waals surface area contributed by atoms with Crippen LogP contribution in [0, 0.1) is 16.7 Å². The maximum Gasteiger partial charge on any atom is 0.417 e. The van der Waals surface area contributed by atoms with Gasteiger partial charge in [0, 0.05) is 63.3 Å². The Balaban J connectivity index is 0.806. The SMILES string of the molecule is CC(C)(C)C(NC(=O)COCCCCOC1CCN(C(=O)c2ccc(N3C(=S)N(c4ccc(C#N)c(C(F)(F)F)c4)C(=O)C3(C)C)cc2)CC1)C(=O)N1C[C@H](O)C[C@H]1C(=O)NCc1ccc(-c2cncs2)cc1. The van der Waals surface area contributed by atoms with Gasteiger partial charge in [0.25, 0.3) is 11.8 Å². The molecule has 0 bridgehead atoms. The number of rotatable bonds is 17. The van der Waals surface area contributed by atoms with Gasteiger partial charge in [-0.25, -0.2) is 0 Å². The number of nitrogens with zero attached hydrogens (tertiary/aromatic N) is 6. The molecule has 4 aromatic rings. The Kier molecular flexibility index (Phi) is 17.0. The Labute approximate surface area is 431 Å². The van der Waals surface area contributed by atoms with E-state index in [0.717, 1.165) is 33.0 Å². The fraction of sp³-hybridized carbons (Fsp3) is 0.462. The first-order chi connectivity index (χ1) is 34.6. The van der Waals surface area contributed by atoms with Crippen molar-refractivity contribution >= 4 is 69.6 Å². The highest BCUT2D eigenvalue weighted by Gasteiger charge is 2.51. The summed E-state index contributed by atoms with van der Waals surface area (Å²) in [6.07, 6.45) is -1.38. The van der Waals surface area contributed by atoms with E-state index in [1.807, 2.05) is 45.0 Å². The second kappa shape index (κ2) is 22.8. The number of alkyl halides is 3. The summed E-state index contributed by atoms with van der Waals surface area (Å²) < 4.78 is 53.1. The Morgan fingerprint density at radius 2 is 1.66 bits per heavy atom. The molecule has 73 heavy (non-hydrogen) atoms. The van der Waals surface area contributed by atoms with Crippen molar-refractivity contribution in [2.45, 2.75) is 109 Å². The lowest BCUT2D eigenvalue weighted by Gasteiger charge is -2.35. The number of carbonyl (C=O) groups is 5. The number of piperidine rings is 1. The Morgan fingerprint density at radius 1 is 0.986 bits per heavy atom. The molecular weight excluding hydrogens is 986 g/mol. The molecule has 388 valence electrons. The Morgan fingerprint density at radius 3 is 2.29 bits per heavy atom. The van der Waals surface area contributed by atoms with Gasteiger partial charge in [-0.2, -0.15) is 18.4 Å². The predicted molar refractivity (Wildman–Crippen MR) is 271 cm³/mol. The van der Waals surface area contributed by atoms with Gasteiger partial charge in [0.2, 0.25) is 17.7 Å². The number of carbonyl (C=O) groups excluding carboxylic acids is 5. The Bertz CT molecular complexity index is 2700. The van der Waals surface area contributed by atoms with Crippen molar-refractivity contribution in [1.29, 1.82) is 5.26 Å². The first kappa shape index (κ1) is 54.5. The van der Waals surface area contributed by atoms with Gasteiger partial charge in [-0.1, -0.05) is 45.0 Å². The topological polar surface area (TPSA) is 198 Å². The van der Waals surface area contributed by atoms with E-state index in [9.17, 15) is 47.5 Å². The van der Waals surface area contributed by atoms with Crippen LogP contribution in [0.15, 0.2) is 78.4 Å². The average Bonchev–Trinajstić information content (AvgIpc) is 4.08. The van der Waals surface area contributed by atoms with Gasteiger partial charge in [-0.05, 0) is 111 Å². The molecule has 3 aromatic carbocycles. The lowest BCUT2D eigenvalue weighted by molar-refractivity contribution is -0.144. The minimum absolute atomic E-state index is 0.0378. The molecule has 3 saturated heterocycles. The standard InChI is InChI=1S/C52H59F3N8O8S2/c1-50(2,3)44(47(68)61-29-38(64)25-41(61)45(66)58-27-32-8-10-33(11-9-32)42-28-57-31-73-42)59-43(65)30-70-22-6-7-23-71-39-18-20-60(21-19-39)46(67)34-12-15-36(16-13-34)63-49(72)62(48(69)51(63,4)5)37-17-14-35(26-56)40(24-37)52(53,54)55/h8-17,24,28,31,38-39,41,44,64H,6-7,18-23,25,27,29-30H2,1-5H3,(H,58,66)(H,59,65)/t38-,41+,44?/m1/s1. The van der Waals surface area contributed by atoms with E-state index in [0.29, 0.717) is 56.6 Å². The van der Waals surface area contributed by atoms with Crippen molar-refractivity contribution in [3.05, 3.63) is 101 Å². The number of β-amino-alcohol motifs (C(OH)–C–C–N with tert-alkyl or cyclic N) is 1. The number of benzene rings is 3. The van der Waals surface area contributed by atoms with Crippen LogP contribution in [0.3, 0.4) is 0 Å². The van der Waals surface area contributed by atoms with Crippen LogP contribution in [0.1, 0.15) is 93.8 Å². The number of ether oxygens (including phenoxy) is 2. The van der Waals surface area contributed by atoms with Gasteiger partial charge < -0.3 is 39.9 Å². The summed E-state index contributed by atoms with van der Waals surface area (Å²) >= 11 is 7.17. The van der Waals surface area contributed by atoms with Crippen molar-refractivity contribution in [2.24, 2.45) is 5.41 Å². The number of aromatic nitrogens is 1. The number of thiazole rings is 1. The predicted octanol–water partition coefficient (Wildman–Crippen LogP) is 6.84. The molecule has 3 aliphatic rings. The van der Waals surface area contributed by atoms with Gasteiger partial charge in [-0.3, -0.25) is 33.9 Å². The normalized spacial score (nSPS) is 18.7. The molecule has 7 rings (SSSR count). The van der Waals surface area contributed by atoms with Crippen LogP contribution in [0.5, 0.6) is 0 Å². The van der Waals surface area contributed by atoms with Crippen molar-refractivity contribution in [3.63, 3.8) is 0 Å². The van der Waals surface area contributed by atoms with Gasteiger partial charge in [0.15, 0.2) is 5.11 Å². The molecule has 0 aliphatic carbocycles. The number of nitrogens with one attached hydrogen (secondary N) is 2. The van der Waals surface area contributed by atoms with Crippen LogP contribution >= 0.6 is 23.6 Å². The lowest BCUT2D eigenvalue weighted by atomic mass is 9.85. The van der Waals surface area contributed by atoms with Crippen molar-refractivity contribution in [3.8, 4) is 16.5 Å². The highest BCUT2D eigenvalue weighted by molar-refractivity contribution is 7.81. The zero-order valence-corrected chi connectivity index (χ0v) is 42.9. The number of nitriles is 1. The zero-order valence-electron chi connectivity index (χ0n) is 41.2. The molecule has 3 aliphatic heterocycles. The molecule has 3 fully saturated rings. The minimum Gasteiger partial charge on any atom is -0.391 e. The molecule has 0 spiro atoms. The van der Waals surface area contributed by atoms with Crippen molar-refractivity contribution < 1.29 is 51.7 Å². The molecule has 0 radical (unpaired) electrons. The number of likely N-dealkylation sites (tertiary alicyclic amines) is 2. The van der Waals surface area contributed by atoms with Gasteiger partial charge in [0.05, 0.1) is 45.5 Å². The highest BCUT2D eigenvalue weighted by atomic mass is 32.1. The number of amides is 5. The smallest absolute Gasteiger partial charge is 0.391 e. The summed E-state index contributed by atoms with van der Waals surface area (Å²) in [4.78, 5) is 78.4. The van der Waals surface area contributed by atoms with E-state index in [1.54, 1.807) is 54.7 Å². The molecule has 3 atom stereocenters. The summed E-state index contributed by atoms with van der Waals surface area (Å²) in [5.41, 5.74) is 0.653.